The number of morpholine rings is 1. The van der Waals surface area contributed by atoms with E-state index in [2.05, 4.69) is 27.1 Å². The third-order valence-electron chi connectivity index (χ3n) is 5.12. The van der Waals surface area contributed by atoms with Gasteiger partial charge in [-0.05, 0) is 43.0 Å². The van der Waals surface area contributed by atoms with Crippen molar-refractivity contribution < 1.29 is 9.53 Å². The van der Waals surface area contributed by atoms with Gasteiger partial charge in [-0.1, -0.05) is 24.0 Å². The van der Waals surface area contributed by atoms with Gasteiger partial charge in [-0.2, -0.15) is 0 Å². The Morgan fingerprint density at radius 3 is 2.84 bits per heavy atom. The lowest BCUT2D eigenvalue weighted by Gasteiger charge is -2.27. The number of thiophene rings is 1. The largest absolute Gasteiger partial charge is 0.378 e. The second kappa shape index (κ2) is 10.3. The normalized spacial score (nSPS) is 13.3. The Labute approximate surface area is 190 Å². The first kappa shape index (κ1) is 21.8. The van der Waals surface area contributed by atoms with E-state index >= 15 is 0 Å². The molecule has 0 saturated carbocycles. The van der Waals surface area contributed by atoms with E-state index in [1.165, 1.54) is 0 Å². The Morgan fingerprint density at radius 2 is 2.09 bits per heavy atom. The van der Waals surface area contributed by atoms with E-state index < -0.39 is 0 Å². The molecule has 1 aliphatic heterocycles. The third-order valence-corrected chi connectivity index (χ3v) is 5.91. The van der Waals surface area contributed by atoms with Gasteiger partial charge >= 0.3 is 0 Å². The predicted molar refractivity (Wildman–Crippen MR) is 126 cm³/mol. The molecule has 0 unspecified atom stereocenters. The molecule has 0 bridgehead atoms. The van der Waals surface area contributed by atoms with Gasteiger partial charge in [-0.3, -0.25) is 14.6 Å². The van der Waals surface area contributed by atoms with Crippen LogP contribution < -0.4 is 15.8 Å². The molecule has 32 heavy (non-hydrogen) atoms. The number of nitrogens with one attached hydrogen (secondary N) is 2. The monoisotopic (exact) mass is 448 g/mol. The van der Waals surface area contributed by atoms with Crippen molar-refractivity contribution in [2.75, 3.05) is 36.5 Å². The SMILES string of the molecule is Cc1nc(N2CCOCC2)[nH]c(=O)c1CCC(=O)Nc1cccc(C#Cc2cccs2)c1. The summed E-state index contributed by atoms with van der Waals surface area (Å²) in [6, 6.07) is 11.4. The zero-order valence-corrected chi connectivity index (χ0v) is 18.6. The molecule has 164 valence electrons. The number of amides is 1. The van der Waals surface area contributed by atoms with Crippen molar-refractivity contribution in [3.05, 3.63) is 73.8 Å². The van der Waals surface area contributed by atoms with Crippen LogP contribution >= 0.6 is 11.3 Å². The number of aryl methyl sites for hydroxylation is 1. The minimum atomic E-state index is -0.197. The number of carbonyl (C=O) groups excluding carboxylic acids is 1. The lowest BCUT2D eigenvalue weighted by atomic mass is 10.1. The summed E-state index contributed by atoms with van der Waals surface area (Å²) < 4.78 is 5.34. The molecule has 8 heteroatoms. The Morgan fingerprint density at radius 1 is 1.25 bits per heavy atom. The van der Waals surface area contributed by atoms with Crippen LogP contribution in [0.1, 0.15) is 28.1 Å². The summed E-state index contributed by atoms with van der Waals surface area (Å²) in [5.41, 5.74) is 2.49. The molecule has 3 aromatic rings. The fourth-order valence-corrected chi connectivity index (χ4v) is 4.01. The smallest absolute Gasteiger partial charge is 0.255 e. The standard InChI is InChI=1S/C24H24N4O3S/c1-17-21(23(30)27-24(25-17)28-11-13-31-14-12-28)9-10-22(29)26-19-5-2-4-18(16-19)7-8-20-6-3-15-32-20/h2-6,15-16H,9-14H2,1H3,(H,26,29)(H,25,27,30). The Hall–Kier alpha value is -3.41. The second-order valence-corrected chi connectivity index (χ2v) is 8.36. The lowest BCUT2D eigenvalue weighted by Crippen LogP contribution is -2.38. The molecule has 1 aromatic carbocycles. The van der Waals surface area contributed by atoms with Crippen molar-refractivity contribution >= 4 is 28.9 Å². The lowest BCUT2D eigenvalue weighted by molar-refractivity contribution is -0.116. The second-order valence-electron chi connectivity index (χ2n) is 7.41. The quantitative estimate of drug-likeness (QED) is 0.586. The molecule has 1 fully saturated rings. The van der Waals surface area contributed by atoms with Crippen LogP contribution in [0.2, 0.25) is 0 Å². The average Bonchev–Trinajstić information content (AvgIpc) is 3.32. The summed E-state index contributed by atoms with van der Waals surface area (Å²) in [6.45, 7) is 4.43. The molecular weight excluding hydrogens is 424 g/mol. The zero-order chi connectivity index (χ0) is 22.3. The Bertz CT molecular complexity index is 1200. The minimum Gasteiger partial charge on any atom is -0.378 e. The van der Waals surface area contributed by atoms with Gasteiger partial charge in [0.2, 0.25) is 11.9 Å². The molecule has 0 atom stereocenters. The molecule has 4 rings (SSSR count). The first-order valence-electron chi connectivity index (χ1n) is 10.5. The van der Waals surface area contributed by atoms with E-state index in [-0.39, 0.29) is 17.9 Å². The number of hydrogen-bond acceptors (Lipinski definition) is 6. The number of nitrogens with zero attached hydrogens (tertiary/aromatic N) is 2. The number of H-pyrrole nitrogens is 1. The maximum absolute atomic E-state index is 12.6. The van der Waals surface area contributed by atoms with E-state index in [0.717, 1.165) is 10.4 Å². The van der Waals surface area contributed by atoms with Gasteiger partial charge in [0.05, 0.1) is 18.1 Å². The number of ether oxygens (including phenoxy) is 1. The van der Waals surface area contributed by atoms with Crippen molar-refractivity contribution in [2.24, 2.45) is 0 Å². The van der Waals surface area contributed by atoms with Crippen LogP contribution in [0, 0.1) is 18.8 Å². The number of benzene rings is 1. The van der Waals surface area contributed by atoms with Gasteiger partial charge in [0, 0.05) is 42.0 Å². The minimum absolute atomic E-state index is 0.163. The highest BCUT2D eigenvalue weighted by Crippen LogP contribution is 2.14. The van der Waals surface area contributed by atoms with Crippen LogP contribution in [0.3, 0.4) is 0 Å². The van der Waals surface area contributed by atoms with Gasteiger partial charge < -0.3 is 15.0 Å². The molecule has 2 aromatic heterocycles. The molecule has 1 aliphatic rings. The number of carbonyl (C=O) groups is 1. The maximum atomic E-state index is 12.6. The first-order valence-corrected chi connectivity index (χ1v) is 11.3. The molecule has 1 amide bonds. The van der Waals surface area contributed by atoms with Crippen molar-refractivity contribution in [3.8, 4) is 11.8 Å². The summed E-state index contributed by atoms with van der Waals surface area (Å²) in [5.74, 6) is 6.62. The number of aromatic nitrogens is 2. The molecule has 3 heterocycles. The van der Waals surface area contributed by atoms with Crippen molar-refractivity contribution in [2.45, 2.75) is 19.8 Å². The molecule has 1 saturated heterocycles. The first-order chi connectivity index (χ1) is 15.6. The van der Waals surface area contributed by atoms with E-state index in [9.17, 15) is 9.59 Å². The molecule has 0 aliphatic carbocycles. The average molecular weight is 449 g/mol. The highest BCUT2D eigenvalue weighted by atomic mass is 32.1. The van der Waals surface area contributed by atoms with E-state index in [1.807, 2.05) is 53.6 Å². The van der Waals surface area contributed by atoms with E-state index in [0.29, 0.717) is 55.6 Å². The topological polar surface area (TPSA) is 87.3 Å². The van der Waals surface area contributed by atoms with Crippen LogP contribution in [0.5, 0.6) is 0 Å². The molecule has 7 nitrogen and oxygen atoms in total. The van der Waals surface area contributed by atoms with Gasteiger partial charge in [0.25, 0.3) is 5.56 Å². The van der Waals surface area contributed by atoms with Crippen LogP contribution in [0.25, 0.3) is 0 Å². The van der Waals surface area contributed by atoms with Crippen LogP contribution in [-0.4, -0.2) is 42.2 Å². The fourth-order valence-electron chi connectivity index (χ4n) is 3.44. The van der Waals surface area contributed by atoms with Crippen molar-refractivity contribution in [1.29, 1.82) is 0 Å². The highest BCUT2D eigenvalue weighted by Gasteiger charge is 2.16. The summed E-state index contributed by atoms with van der Waals surface area (Å²) in [6.07, 6.45) is 0.509. The Balaban J connectivity index is 1.37. The van der Waals surface area contributed by atoms with Crippen molar-refractivity contribution in [1.82, 2.24) is 9.97 Å². The number of hydrogen-bond donors (Lipinski definition) is 2. The molecule has 0 radical (unpaired) electrons. The number of rotatable bonds is 5. The number of anilines is 2. The van der Waals surface area contributed by atoms with Crippen LogP contribution in [-0.2, 0) is 16.0 Å². The summed E-state index contributed by atoms with van der Waals surface area (Å²) in [4.78, 5) is 35.5. The van der Waals surface area contributed by atoms with E-state index in [1.54, 1.807) is 11.3 Å². The van der Waals surface area contributed by atoms with Crippen LogP contribution in [0.4, 0.5) is 11.6 Å². The summed E-state index contributed by atoms with van der Waals surface area (Å²) in [7, 11) is 0. The third kappa shape index (κ3) is 5.63. The highest BCUT2D eigenvalue weighted by molar-refractivity contribution is 7.10. The van der Waals surface area contributed by atoms with Gasteiger partial charge in [-0.15, -0.1) is 11.3 Å². The predicted octanol–water partition coefficient (Wildman–Crippen LogP) is 2.95. The van der Waals surface area contributed by atoms with Crippen molar-refractivity contribution in [3.63, 3.8) is 0 Å². The molecule has 0 spiro atoms. The summed E-state index contributed by atoms with van der Waals surface area (Å²) >= 11 is 1.59. The van der Waals surface area contributed by atoms with Crippen LogP contribution in [0.15, 0.2) is 46.6 Å². The maximum Gasteiger partial charge on any atom is 0.255 e. The molecular formula is C24H24N4O3S. The Kier molecular flexibility index (Phi) is 7.00. The van der Waals surface area contributed by atoms with Gasteiger partial charge in [0.15, 0.2) is 0 Å². The number of aromatic amines is 1. The zero-order valence-electron chi connectivity index (χ0n) is 17.8. The molecule has 2 N–H and O–H groups in total. The fraction of sp³-hybridized carbons (Fsp3) is 0.292. The summed E-state index contributed by atoms with van der Waals surface area (Å²) in [5, 5.41) is 4.87. The van der Waals surface area contributed by atoms with Gasteiger partial charge in [-0.25, -0.2) is 4.98 Å². The van der Waals surface area contributed by atoms with Gasteiger partial charge in [0.1, 0.15) is 0 Å². The van der Waals surface area contributed by atoms with E-state index in [4.69, 9.17) is 4.74 Å².